The maximum Gasteiger partial charge on any atom is 0.416 e. The van der Waals surface area contributed by atoms with E-state index in [0.29, 0.717) is 10.1 Å². The zero-order valence-electron chi connectivity index (χ0n) is 19.8. The summed E-state index contributed by atoms with van der Waals surface area (Å²) in [6, 6.07) is 17.5. The molecule has 4 aromatic rings. The lowest BCUT2D eigenvalue weighted by molar-refractivity contribution is -0.384. The number of amides is 1. The normalized spacial score (nSPS) is 12.1. The van der Waals surface area contributed by atoms with Crippen molar-refractivity contribution < 1.29 is 42.1 Å². The number of carboxylic acids is 1. The smallest absolute Gasteiger partial charge is 0.416 e. The number of aromatic carboxylic acids is 1. The van der Waals surface area contributed by atoms with Gasteiger partial charge < -0.3 is 15.5 Å². The Morgan fingerprint density at radius 3 is 2.23 bits per heavy atom. The van der Waals surface area contributed by atoms with Gasteiger partial charge in [-0.3, -0.25) is 19.1 Å². The molecule has 0 fully saturated rings. The molecule has 0 aliphatic rings. The van der Waals surface area contributed by atoms with E-state index < -0.39 is 49.7 Å². The molecule has 13 nitrogen and oxygen atoms in total. The minimum Gasteiger partial charge on any atom is -0.477 e. The van der Waals surface area contributed by atoms with Crippen molar-refractivity contribution in [3.8, 4) is 0 Å². The summed E-state index contributed by atoms with van der Waals surface area (Å²) >= 11 is 0. The number of benzene rings is 3. The summed E-state index contributed by atoms with van der Waals surface area (Å²) in [5, 5.41) is 32.3. The molecule has 0 aliphatic heterocycles. The van der Waals surface area contributed by atoms with Gasteiger partial charge in [0.15, 0.2) is 6.10 Å². The van der Waals surface area contributed by atoms with E-state index in [9.17, 15) is 43.1 Å². The zero-order chi connectivity index (χ0) is 28.3. The molecule has 0 radical (unpaired) electrons. The number of carboxylic acid groups (broad SMARTS) is 2. The SMILES string of the molecule is O=C(O)c1cc2cc(NC(=O)[C@@H](Cc3ccccc3)OS(=O)(=O)c3ccc([N+](=O)[O-])cc3)ccc2n1C(=O)O. The summed E-state index contributed by atoms with van der Waals surface area (Å²) in [4.78, 5) is 46.0. The van der Waals surface area contributed by atoms with Gasteiger partial charge >= 0.3 is 12.1 Å². The molecule has 0 saturated carbocycles. The number of carbonyl (C=O) groups excluding carboxylic acids is 1. The van der Waals surface area contributed by atoms with Crippen LogP contribution >= 0.6 is 0 Å². The fourth-order valence-electron chi connectivity index (χ4n) is 3.82. The van der Waals surface area contributed by atoms with Gasteiger partial charge in [-0.15, -0.1) is 0 Å². The third-order valence-corrected chi connectivity index (χ3v) is 6.95. The van der Waals surface area contributed by atoms with Gasteiger partial charge in [0.2, 0.25) is 0 Å². The van der Waals surface area contributed by atoms with Gasteiger partial charge in [-0.05, 0) is 42.0 Å². The van der Waals surface area contributed by atoms with Crippen LogP contribution in [0.15, 0.2) is 83.8 Å². The minimum atomic E-state index is -4.53. The Bertz CT molecular complexity index is 1700. The number of hydrogen-bond donors (Lipinski definition) is 3. The predicted molar refractivity (Wildman–Crippen MR) is 136 cm³/mol. The number of nitro groups is 1. The number of hydrogen-bond acceptors (Lipinski definition) is 8. The summed E-state index contributed by atoms with van der Waals surface area (Å²) < 4.78 is 31.7. The number of anilines is 1. The molecule has 0 saturated heterocycles. The first-order valence-electron chi connectivity index (χ1n) is 11.1. The number of non-ortho nitro benzene ring substituents is 1. The Kier molecular flexibility index (Phi) is 7.42. The highest BCUT2D eigenvalue weighted by Gasteiger charge is 2.29. The first-order chi connectivity index (χ1) is 18.5. The van der Waals surface area contributed by atoms with Crippen LogP contribution in [-0.2, 0) is 25.5 Å². The first kappa shape index (κ1) is 27.0. The van der Waals surface area contributed by atoms with Crippen LogP contribution in [0.25, 0.3) is 10.9 Å². The summed E-state index contributed by atoms with van der Waals surface area (Å²) in [6.45, 7) is 0. The van der Waals surface area contributed by atoms with Gasteiger partial charge in [0.1, 0.15) is 5.69 Å². The van der Waals surface area contributed by atoms with Crippen molar-refractivity contribution in [3.05, 3.63) is 100 Å². The maximum absolute atomic E-state index is 13.2. The number of aromatic nitrogens is 1. The van der Waals surface area contributed by atoms with E-state index in [4.69, 9.17) is 4.18 Å². The van der Waals surface area contributed by atoms with Crippen LogP contribution in [0, 0.1) is 10.1 Å². The van der Waals surface area contributed by atoms with Crippen molar-refractivity contribution in [2.24, 2.45) is 0 Å². The highest BCUT2D eigenvalue weighted by molar-refractivity contribution is 7.86. The van der Waals surface area contributed by atoms with E-state index in [1.807, 2.05) is 0 Å². The Hall–Kier alpha value is -5.08. The summed E-state index contributed by atoms with van der Waals surface area (Å²) in [5.74, 6) is -2.33. The molecule has 0 unspecified atom stereocenters. The topological polar surface area (TPSA) is 195 Å². The number of carbonyl (C=O) groups is 3. The van der Waals surface area contributed by atoms with Gasteiger partial charge in [0.05, 0.1) is 15.3 Å². The van der Waals surface area contributed by atoms with Crippen LogP contribution < -0.4 is 5.32 Å². The molecule has 39 heavy (non-hydrogen) atoms. The van der Waals surface area contributed by atoms with Crippen molar-refractivity contribution in [1.29, 1.82) is 0 Å². The van der Waals surface area contributed by atoms with Crippen molar-refractivity contribution in [2.75, 3.05) is 5.32 Å². The highest BCUT2D eigenvalue weighted by atomic mass is 32.2. The van der Waals surface area contributed by atoms with Crippen LogP contribution in [0.3, 0.4) is 0 Å². The number of nitrogens with zero attached hydrogens (tertiary/aromatic N) is 2. The predicted octanol–water partition coefficient (Wildman–Crippen LogP) is 3.73. The molecule has 1 atom stereocenters. The van der Waals surface area contributed by atoms with Gasteiger partial charge in [0.25, 0.3) is 21.7 Å². The van der Waals surface area contributed by atoms with Crippen LogP contribution in [0.4, 0.5) is 16.2 Å². The van der Waals surface area contributed by atoms with Crippen LogP contribution in [-0.4, -0.2) is 52.2 Å². The Morgan fingerprint density at radius 1 is 0.974 bits per heavy atom. The lowest BCUT2D eigenvalue weighted by atomic mass is 10.1. The zero-order valence-corrected chi connectivity index (χ0v) is 20.6. The third-order valence-electron chi connectivity index (χ3n) is 5.61. The van der Waals surface area contributed by atoms with E-state index in [2.05, 4.69) is 5.32 Å². The van der Waals surface area contributed by atoms with Gasteiger partial charge in [-0.25, -0.2) is 14.2 Å². The van der Waals surface area contributed by atoms with Gasteiger partial charge in [-0.1, -0.05) is 30.3 Å². The minimum absolute atomic E-state index is 0.0655. The molecule has 0 aliphatic carbocycles. The molecular weight excluding hydrogens is 534 g/mol. The van der Waals surface area contributed by atoms with E-state index in [0.717, 1.165) is 30.3 Å². The molecule has 200 valence electrons. The lowest BCUT2D eigenvalue weighted by Gasteiger charge is -2.18. The second kappa shape index (κ2) is 10.7. The number of rotatable bonds is 9. The fraction of sp³-hybridized carbons (Fsp3) is 0.0800. The molecule has 0 spiro atoms. The Morgan fingerprint density at radius 2 is 1.64 bits per heavy atom. The largest absolute Gasteiger partial charge is 0.477 e. The van der Waals surface area contributed by atoms with Crippen LogP contribution in [0.1, 0.15) is 16.1 Å². The van der Waals surface area contributed by atoms with Gasteiger partial charge in [0, 0.05) is 29.6 Å². The number of fused-ring (bicyclic) bond motifs is 1. The maximum atomic E-state index is 13.2. The van der Waals surface area contributed by atoms with E-state index in [1.54, 1.807) is 30.3 Å². The van der Waals surface area contributed by atoms with E-state index in [-0.39, 0.29) is 28.7 Å². The second-order valence-electron chi connectivity index (χ2n) is 8.20. The molecule has 3 N–H and O–H groups in total. The summed E-state index contributed by atoms with van der Waals surface area (Å²) in [6.07, 6.45) is -3.23. The van der Waals surface area contributed by atoms with E-state index in [1.165, 1.54) is 18.2 Å². The fourth-order valence-corrected chi connectivity index (χ4v) is 4.86. The molecule has 4 rings (SSSR count). The molecule has 1 aromatic heterocycles. The molecular formula is C25H19N3O10S. The molecule has 1 amide bonds. The highest BCUT2D eigenvalue weighted by Crippen LogP contribution is 2.25. The monoisotopic (exact) mass is 553 g/mol. The molecule has 3 aromatic carbocycles. The molecule has 14 heteroatoms. The molecule has 0 bridgehead atoms. The second-order valence-corrected chi connectivity index (χ2v) is 9.77. The first-order valence-corrected chi connectivity index (χ1v) is 12.5. The summed E-state index contributed by atoms with van der Waals surface area (Å²) in [7, 11) is -4.53. The quantitative estimate of drug-likeness (QED) is 0.156. The van der Waals surface area contributed by atoms with Crippen LogP contribution in [0.5, 0.6) is 0 Å². The van der Waals surface area contributed by atoms with Crippen molar-refractivity contribution in [3.63, 3.8) is 0 Å². The van der Waals surface area contributed by atoms with Crippen molar-refractivity contribution >= 4 is 50.4 Å². The average Bonchev–Trinajstić information content (AvgIpc) is 3.28. The number of nitrogens with one attached hydrogen (secondary N) is 1. The van der Waals surface area contributed by atoms with E-state index >= 15 is 0 Å². The van der Waals surface area contributed by atoms with Crippen molar-refractivity contribution in [2.45, 2.75) is 17.4 Å². The Balaban J connectivity index is 1.64. The van der Waals surface area contributed by atoms with Crippen molar-refractivity contribution in [1.82, 2.24) is 4.57 Å². The number of nitro benzene ring substituents is 1. The van der Waals surface area contributed by atoms with Gasteiger partial charge in [-0.2, -0.15) is 8.42 Å². The summed E-state index contributed by atoms with van der Waals surface area (Å²) in [5.41, 5.74) is -0.0556. The Labute approximate surface area is 220 Å². The van der Waals surface area contributed by atoms with Crippen LogP contribution in [0.2, 0.25) is 0 Å². The lowest BCUT2D eigenvalue weighted by Crippen LogP contribution is -2.34. The molecule has 1 heterocycles. The third kappa shape index (κ3) is 5.92. The standard InChI is InChI=1S/C25H19N3O10S/c29-23(26-17-6-11-20-16(13-17)14-21(24(30)31)27(20)25(32)33)22(12-15-4-2-1-3-5-15)38-39(36,37)19-9-7-18(8-10-19)28(34)35/h1-11,13-14,22H,12H2,(H,26,29)(H,30,31)(H,32,33)/t22-/m1/s1. The average molecular weight is 554 g/mol.